The summed E-state index contributed by atoms with van der Waals surface area (Å²) in [7, 11) is 0. The second kappa shape index (κ2) is 9.06. The van der Waals surface area contributed by atoms with Crippen LogP contribution in [0.15, 0.2) is 16.2 Å². The molecule has 0 bridgehead atoms. The van der Waals surface area contributed by atoms with Crippen molar-refractivity contribution in [2.75, 3.05) is 5.32 Å². The molecule has 1 fully saturated rings. The highest BCUT2D eigenvalue weighted by molar-refractivity contribution is 7.14. The average molecular weight is 451 g/mol. The Balaban J connectivity index is 2.31. The lowest BCUT2D eigenvalue weighted by atomic mass is 10.1. The van der Waals surface area contributed by atoms with Crippen LogP contribution in [-0.4, -0.2) is 58.1 Å². The second-order valence-corrected chi connectivity index (χ2v) is 8.61. The Morgan fingerprint density at radius 3 is 2.55 bits per heavy atom. The molecular formula is C18H21N5O7S. The van der Waals surface area contributed by atoms with Gasteiger partial charge in [-0.3, -0.25) is 14.4 Å². The number of hydrogen-bond donors (Lipinski definition) is 3. The molecule has 2 heterocycles. The Labute approximate surface area is 181 Å². The van der Waals surface area contributed by atoms with Crippen molar-refractivity contribution < 1.29 is 33.5 Å². The predicted octanol–water partition coefficient (Wildman–Crippen LogP) is -0.117. The van der Waals surface area contributed by atoms with E-state index in [1.807, 2.05) is 0 Å². The summed E-state index contributed by atoms with van der Waals surface area (Å²) >= 11 is 1.00. The van der Waals surface area contributed by atoms with Gasteiger partial charge in [0.05, 0.1) is 0 Å². The molecule has 1 atom stereocenters. The number of rotatable bonds is 8. The Hall–Kier alpha value is -3.57. The van der Waals surface area contributed by atoms with Gasteiger partial charge >= 0.3 is 5.97 Å². The fourth-order valence-corrected chi connectivity index (χ4v) is 2.71. The van der Waals surface area contributed by atoms with Gasteiger partial charge in [-0.2, -0.15) is 0 Å². The molecule has 0 aromatic carbocycles. The van der Waals surface area contributed by atoms with Crippen LogP contribution in [0.2, 0.25) is 0 Å². The van der Waals surface area contributed by atoms with Crippen LogP contribution in [0.25, 0.3) is 0 Å². The van der Waals surface area contributed by atoms with Crippen molar-refractivity contribution in [1.29, 1.82) is 0 Å². The van der Waals surface area contributed by atoms with E-state index in [0.717, 1.165) is 11.3 Å². The van der Waals surface area contributed by atoms with E-state index in [1.54, 1.807) is 20.8 Å². The molecule has 0 aliphatic carbocycles. The summed E-state index contributed by atoms with van der Waals surface area (Å²) in [5.74, 6) is -0.738. The van der Waals surface area contributed by atoms with Gasteiger partial charge in [-0.1, -0.05) is 5.16 Å². The molecule has 1 aliphatic rings. The first-order valence-electron chi connectivity index (χ1n) is 8.90. The van der Waals surface area contributed by atoms with E-state index in [1.165, 1.54) is 25.2 Å². The molecule has 0 unspecified atom stereocenters. The number of ether oxygens (including phenoxy) is 1. The minimum atomic E-state index is -1.57. The van der Waals surface area contributed by atoms with E-state index < -0.39 is 40.7 Å². The molecule has 1 aliphatic heterocycles. The quantitative estimate of drug-likeness (QED) is 0.123. The van der Waals surface area contributed by atoms with Gasteiger partial charge in [-0.25, -0.2) is 14.6 Å². The molecule has 1 aromatic heterocycles. The van der Waals surface area contributed by atoms with Crippen LogP contribution in [0.4, 0.5) is 5.13 Å². The van der Waals surface area contributed by atoms with Crippen molar-refractivity contribution in [2.45, 2.75) is 51.9 Å². The van der Waals surface area contributed by atoms with Crippen molar-refractivity contribution >= 4 is 52.3 Å². The van der Waals surface area contributed by atoms with Crippen LogP contribution in [0.3, 0.4) is 0 Å². The molecule has 13 heteroatoms. The molecular weight excluding hydrogens is 430 g/mol. The highest BCUT2D eigenvalue weighted by Gasteiger charge is 2.39. The smallest absolute Gasteiger partial charge is 0.353 e. The largest absolute Gasteiger partial charge is 0.457 e. The van der Waals surface area contributed by atoms with E-state index in [0.29, 0.717) is 6.41 Å². The lowest BCUT2D eigenvalue weighted by Crippen LogP contribution is -2.61. The molecule has 31 heavy (non-hydrogen) atoms. The predicted molar refractivity (Wildman–Crippen MR) is 109 cm³/mol. The van der Waals surface area contributed by atoms with Crippen molar-refractivity contribution in [3.63, 3.8) is 0 Å². The Morgan fingerprint density at radius 1 is 1.32 bits per heavy atom. The van der Waals surface area contributed by atoms with E-state index in [2.05, 4.69) is 26.1 Å². The van der Waals surface area contributed by atoms with Gasteiger partial charge in [0.2, 0.25) is 12.0 Å². The monoisotopic (exact) mass is 451 g/mol. The summed E-state index contributed by atoms with van der Waals surface area (Å²) < 4.78 is 5.28. The second-order valence-electron chi connectivity index (χ2n) is 7.75. The van der Waals surface area contributed by atoms with Gasteiger partial charge in [0.1, 0.15) is 22.9 Å². The van der Waals surface area contributed by atoms with Crippen LogP contribution >= 0.6 is 11.3 Å². The molecule has 3 N–H and O–H groups in total. The number of nitrogens with one attached hydrogen (secondary N) is 3. The Bertz CT molecular complexity index is 986. The molecule has 3 amide bonds. The van der Waals surface area contributed by atoms with E-state index in [9.17, 15) is 24.0 Å². The number of anilines is 1. The van der Waals surface area contributed by atoms with Gasteiger partial charge in [0, 0.05) is 5.38 Å². The Morgan fingerprint density at radius 2 is 2.00 bits per heavy atom. The maximum absolute atomic E-state index is 12.8. The third-order valence-electron chi connectivity index (χ3n) is 3.59. The van der Waals surface area contributed by atoms with Crippen LogP contribution in [0, 0.1) is 0 Å². The standard InChI is InChI=1S/C18H21N5O7S/c1-17(2,3)29-15(28)18(4,5)30-23-12(10-7-31-16(21-10)19-8-25)14(27)22-11-9(6-24)20-13(11)26/h7-8,11H,1-5H3,(H,20,26)(H,22,27)(H,19,21,25)/t11-/m0/s1. The van der Waals surface area contributed by atoms with Crippen molar-refractivity contribution in [3.05, 3.63) is 16.8 Å². The number of thiazole rings is 1. The summed E-state index contributed by atoms with van der Waals surface area (Å²) in [5.41, 5.74) is -2.88. The minimum Gasteiger partial charge on any atom is -0.457 e. The Kier molecular flexibility index (Phi) is 6.93. The van der Waals surface area contributed by atoms with Gasteiger partial charge in [-0.05, 0) is 34.6 Å². The van der Waals surface area contributed by atoms with Crippen LogP contribution in [0.5, 0.6) is 0 Å². The summed E-state index contributed by atoms with van der Waals surface area (Å²) in [4.78, 5) is 67.5. The van der Waals surface area contributed by atoms with Gasteiger partial charge in [-0.15, -0.1) is 11.3 Å². The molecule has 0 saturated carbocycles. The van der Waals surface area contributed by atoms with Crippen molar-refractivity contribution in [3.8, 4) is 0 Å². The maximum atomic E-state index is 12.8. The normalized spacial score (nSPS) is 16.4. The summed E-state index contributed by atoms with van der Waals surface area (Å²) in [5, 5.41) is 12.2. The number of aromatic nitrogens is 1. The highest BCUT2D eigenvalue weighted by atomic mass is 32.1. The van der Waals surface area contributed by atoms with Gasteiger partial charge in [0.15, 0.2) is 16.9 Å². The molecule has 166 valence electrons. The fraction of sp³-hybridized carbons (Fsp3) is 0.444. The molecule has 1 aromatic rings. The average Bonchev–Trinajstić information content (AvgIpc) is 3.11. The van der Waals surface area contributed by atoms with Crippen molar-refractivity contribution in [1.82, 2.24) is 15.6 Å². The molecule has 1 saturated heterocycles. The van der Waals surface area contributed by atoms with Crippen molar-refractivity contribution in [2.24, 2.45) is 5.16 Å². The molecule has 2 rings (SSSR count). The van der Waals surface area contributed by atoms with E-state index in [-0.39, 0.29) is 16.5 Å². The zero-order valence-electron chi connectivity index (χ0n) is 17.4. The number of carbonyl (C=O) groups is 4. The number of β-lactam (4-membered cyclic amide) rings is 1. The van der Waals surface area contributed by atoms with Crippen LogP contribution in [-0.2, 0) is 33.5 Å². The lowest BCUT2D eigenvalue weighted by molar-refractivity contribution is -0.179. The molecule has 0 radical (unpaired) electrons. The summed E-state index contributed by atoms with van der Waals surface area (Å²) in [6.45, 7) is 7.84. The topological polar surface area (TPSA) is 165 Å². The third-order valence-corrected chi connectivity index (χ3v) is 4.37. The number of amides is 3. The molecule has 0 spiro atoms. The lowest BCUT2D eigenvalue weighted by Gasteiger charge is -2.28. The molecule has 12 nitrogen and oxygen atoms in total. The number of esters is 1. The van der Waals surface area contributed by atoms with E-state index >= 15 is 0 Å². The number of carbonyl (C=O) groups excluding carboxylic acids is 5. The first-order chi connectivity index (χ1) is 14.4. The first-order valence-corrected chi connectivity index (χ1v) is 9.78. The first kappa shape index (κ1) is 23.7. The number of hydrogen-bond acceptors (Lipinski definition) is 10. The van der Waals surface area contributed by atoms with E-state index in [4.69, 9.17) is 9.57 Å². The fourth-order valence-electron chi connectivity index (χ4n) is 2.05. The third kappa shape index (κ3) is 5.96. The van der Waals surface area contributed by atoms with Crippen LogP contribution < -0.4 is 16.0 Å². The summed E-state index contributed by atoms with van der Waals surface area (Å²) in [6, 6.07) is -1.22. The number of nitrogens with zero attached hydrogens (tertiary/aromatic N) is 2. The summed E-state index contributed by atoms with van der Waals surface area (Å²) in [6.07, 6.45) is 0.404. The van der Waals surface area contributed by atoms with Gasteiger partial charge < -0.3 is 25.5 Å². The minimum absolute atomic E-state index is 0.00297. The highest BCUT2D eigenvalue weighted by Crippen LogP contribution is 2.20. The number of oxime groups is 1. The zero-order valence-corrected chi connectivity index (χ0v) is 18.2. The van der Waals surface area contributed by atoms with Crippen LogP contribution in [0.1, 0.15) is 40.3 Å². The van der Waals surface area contributed by atoms with Gasteiger partial charge in [0.25, 0.3) is 11.8 Å². The zero-order chi connectivity index (χ0) is 23.4. The SMILES string of the molecule is CC(C)(C)OC(=O)C(C)(C)ON=C(C(=O)N[C@@H]1C(=O)NC1=C=O)c1csc(NC=O)n1. The maximum Gasteiger partial charge on any atom is 0.353 e.